The summed E-state index contributed by atoms with van der Waals surface area (Å²) in [6.07, 6.45) is 8.30. The van der Waals surface area contributed by atoms with Crippen LogP contribution in [-0.2, 0) is 6.54 Å². The van der Waals surface area contributed by atoms with Gasteiger partial charge in [0.15, 0.2) is 0 Å². The number of aliphatic hydroxyl groups excluding tert-OH is 1. The van der Waals surface area contributed by atoms with Gasteiger partial charge in [-0.15, -0.1) is 0 Å². The third kappa shape index (κ3) is 3.37. The van der Waals surface area contributed by atoms with Gasteiger partial charge >= 0.3 is 0 Å². The van der Waals surface area contributed by atoms with Gasteiger partial charge in [0, 0.05) is 51.2 Å². The van der Waals surface area contributed by atoms with Crippen LogP contribution in [0, 0.1) is 0 Å². The molecule has 0 amide bonds. The Kier molecular flexibility index (Phi) is 4.65. The fraction of sp³-hybridized carbons (Fsp3) is 0.688. The van der Waals surface area contributed by atoms with Crippen molar-refractivity contribution < 1.29 is 5.11 Å². The van der Waals surface area contributed by atoms with Crippen LogP contribution in [0.3, 0.4) is 0 Å². The normalized spacial score (nSPS) is 29.4. The van der Waals surface area contributed by atoms with E-state index >= 15 is 0 Å². The first-order chi connectivity index (χ1) is 9.83. The third-order valence-corrected chi connectivity index (χ3v) is 4.70. The van der Waals surface area contributed by atoms with Crippen molar-refractivity contribution in [3.8, 4) is 0 Å². The van der Waals surface area contributed by atoms with Crippen LogP contribution in [-0.4, -0.2) is 58.2 Å². The van der Waals surface area contributed by atoms with Crippen molar-refractivity contribution in [3.63, 3.8) is 0 Å². The number of aromatic nitrogens is 1. The molecule has 0 spiro atoms. The molecule has 1 N–H and O–H groups in total. The summed E-state index contributed by atoms with van der Waals surface area (Å²) in [7, 11) is 0. The Labute approximate surface area is 121 Å². The van der Waals surface area contributed by atoms with Gasteiger partial charge in [0.05, 0.1) is 6.10 Å². The number of nitrogens with zero attached hydrogens (tertiary/aromatic N) is 3. The first-order valence-electron chi connectivity index (χ1n) is 7.86. The lowest BCUT2D eigenvalue weighted by Crippen LogP contribution is -2.54. The second kappa shape index (κ2) is 6.66. The van der Waals surface area contributed by atoms with Crippen molar-refractivity contribution >= 4 is 0 Å². The second-order valence-corrected chi connectivity index (χ2v) is 6.09. The summed E-state index contributed by atoms with van der Waals surface area (Å²) in [4.78, 5) is 9.17. The predicted octanol–water partition coefficient (Wildman–Crippen LogP) is 1.50. The molecular formula is C16H25N3O. The molecule has 1 aromatic rings. The lowest BCUT2D eigenvalue weighted by Gasteiger charge is -2.42. The lowest BCUT2D eigenvalue weighted by molar-refractivity contribution is -0.00473. The molecule has 0 bridgehead atoms. The SMILES string of the molecule is OC1CCCCC1N1CCN(Cc2cccnc2)CC1. The van der Waals surface area contributed by atoms with Gasteiger partial charge in [-0.3, -0.25) is 14.8 Å². The summed E-state index contributed by atoms with van der Waals surface area (Å²) >= 11 is 0. The van der Waals surface area contributed by atoms with Crippen molar-refractivity contribution in [2.75, 3.05) is 26.2 Å². The molecule has 2 fully saturated rings. The molecule has 4 heteroatoms. The molecule has 1 aliphatic heterocycles. The quantitative estimate of drug-likeness (QED) is 0.907. The van der Waals surface area contributed by atoms with E-state index in [9.17, 15) is 5.11 Å². The number of rotatable bonds is 3. The summed E-state index contributed by atoms with van der Waals surface area (Å²) < 4.78 is 0. The molecule has 1 aromatic heterocycles. The highest BCUT2D eigenvalue weighted by Gasteiger charge is 2.30. The van der Waals surface area contributed by atoms with E-state index in [0.717, 1.165) is 39.1 Å². The van der Waals surface area contributed by atoms with E-state index in [1.165, 1.54) is 24.8 Å². The maximum absolute atomic E-state index is 10.2. The van der Waals surface area contributed by atoms with Crippen molar-refractivity contribution in [2.45, 2.75) is 44.4 Å². The molecule has 20 heavy (non-hydrogen) atoms. The van der Waals surface area contributed by atoms with Crippen LogP contribution in [0.1, 0.15) is 31.2 Å². The Bertz CT molecular complexity index is 403. The van der Waals surface area contributed by atoms with Crippen LogP contribution < -0.4 is 0 Å². The van der Waals surface area contributed by atoms with E-state index in [1.54, 1.807) is 0 Å². The fourth-order valence-corrected chi connectivity index (χ4v) is 3.52. The molecule has 1 saturated carbocycles. The maximum Gasteiger partial charge on any atom is 0.0695 e. The molecule has 2 aliphatic rings. The monoisotopic (exact) mass is 275 g/mol. The Morgan fingerprint density at radius 3 is 2.65 bits per heavy atom. The highest BCUT2D eigenvalue weighted by Crippen LogP contribution is 2.24. The molecule has 4 nitrogen and oxygen atoms in total. The summed E-state index contributed by atoms with van der Waals surface area (Å²) in [5.41, 5.74) is 1.29. The van der Waals surface area contributed by atoms with Crippen LogP contribution in [0.5, 0.6) is 0 Å². The van der Waals surface area contributed by atoms with E-state index in [1.807, 2.05) is 18.5 Å². The molecule has 110 valence electrons. The summed E-state index contributed by atoms with van der Waals surface area (Å²) in [6.45, 7) is 5.36. The van der Waals surface area contributed by atoms with Crippen molar-refractivity contribution in [2.24, 2.45) is 0 Å². The van der Waals surface area contributed by atoms with Crippen LogP contribution in [0.2, 0.25) is 0 Å². The standard InChI is InChI=1S/C16H25N3O/c20-16-6-2-1-5-15(16)19-10-8-18(9-11-19)13-14-4-3-7-17-12-14/h3-4,7,12,15-16,20H,1-2,5-6,8-11,13H2. The van der Waals surface area contributed by atoms with Crippen LogP contribution >= 0.6 is 0 Å². The molecule has 2 atom stereocenters. The number of hydrogen-bond donors (Lipinski definition) is 1. The summed E-state index contributed by atoms with van der Waals surface area (Å²) in [6, 6.07) is 4.55. The largest absolute Gasteiger partial charge is 0.391 e. The van der Waals surface area contributed by atoms with Gasteiger partial charge in [-0.05, 0) is 24.5 Å². The van der Waals surface area contributed by atoms with Crippen LogP contribution in [0.15, 0.2) is 24.5 Å². The molecular weight excluding hydrogens is 250 g/mol. The van der Waals surface area contributed by atoms with Crippen molar-refractivity contribution in [1.29, 1.82) is 0 Å². The molecule has 3 rings (SSSR count). The van der Waals surface area contributed by atoms with Gasteiger partial charge in [0.2, 0.25) is 0 Å². The minimum atomic E-state index is -0.103. The average Bonchev–Trinajstić information content (AvgIpc) is 2.50. The predicted molar refractivity (Wildman–Crippen MR) is 79.3 cm³/mol. The molecule has 0 aromatic carbocycles. The Hall–Kier alpha value is -0.970. The zero-order valence-electron chi connectivity index (χ0n) is 12.1. The lowest BCUT2D eigenvalue weighted by atomic mass is 9.91. The smallest absolute Gasteiger partial charge is 0.0695 e. The highest BCUT2D eigenvalue weighted by atomic mass is 16.3. The minimum absolute atomic E-state index is 0.103. The first-order valence-corrected chi connectivity index (χ1v) is 7.86. The van der Waals surface area contributed by atoms with Crippen molar-refractivity contribution in [1.82, 2.24) is 14.8 Å². The Morgan fingerprint density at radius 2 is 1.95 bits per heavy atom. The maximum atomic E-state index is 10.2. The minimum Gasteiger partial charge on any atom is -0.391 e. The number of piperazine rings is 1. The third-order valence-electron chi connectivity index (χ3n) is 4.70. The van der Waals surface area contributed by atoms with Crippen LogP contribution in [0.4, 0.5) is 0 Å². The van der Waals surface area contributed by atoms with E-state index in [2.05, 4.69) is 20.9 Å². The zero-order chi connectivity index (χ0) is 13.8. The van der Waals surface area contributed by atoms with Crippen LogP contribution in [0.25, 0.3) is 0 Å². The Balaban J connectivity index is 1.49. The number of hydrogen-bond acceptors (Lipinski definition) is 4. The van der Waals surface area contributed by atoms with Gasteiger partial charge in [0.1, 0.15) is 0 Å². The zero-order valence-corrected chi connectivity index (χ0v) is 12.1. The number of pyridine rings is 1. The topological polar surface area (TPSA) is 39.6 Å². The highest BCUT2D eigenvalue weighted by molar-refractivity contribution is 5.08. The second-order valence-electron chi connectivity index (χ2n) is 6.09. The van der Waals surface area contributed by atoms with E-state index in [4.69, 9.17) is 0 Å². The molecule has 2 heterocycles. The fourth-order valence-electron chi connectivity index (χ4n) is 3.52. The van der Waals surface area contributed by atoms with E-state index in [0.29, 0.717) is 6.04 Å². The Morgan fingerprint density at radius 1 is 1.15 bits per heavy atom. The van der Waals surface area contributed by atoms with E-state index in [-0.39, 0.29) is 6.10 Å². The van der Waals surface area contributed by atoms with E-state index < -0.39 is 0 Å². The molecule has 1 aliphatic carbocycles. The average molecular weight is 275 g/mol. The summed E-state index contributed by atoms with van der Waals surface area (Å²) in [5, 5.41) is 10.2. The summed E-state index contributed by atoms with van der Waals surface area (Å²) in [5.74, 6) is 0. The van der Waals surface area contributed by atoms with Gasteiger partial charge in [-0.2, -0.15) is 0 Å². The van der Waals surface area contributed by atoms with Gasteiger partial charge in [-0.1, -0.05) is 18.9 Å². The van der Waals surface area contributed by atoms with Gasteiger partial charge < -0.3 is 5.11 Å². The van der Waals surface area contributed by atoms with Gasteiger partial charge in [-0.25, -0.2) is 0 Å². The van der Waals surface area contributed by atoms with Gasteiger partial charge in [0.25, 0.3) is 0 Å². The molecule has 2 unspecified atom stereocenters. The molecule has 0 radical (unpaired) electrons. The van der Waals surface area contributed by atoms with Crippen molar-refractivity contribution in [3.05, 3.63) is 30.1 Å². The molecule has 1 saturated heterocycles. The first kappa shape index (κ1) is 14.0. The number of aliphatic hydroxyl groups is 1.